The summed E-state index contributed by atoms with van der Waals surface area (Å²) >= 11 is 10.2. The summed E-state index contributed by atoms with van der Waals surface area (Å²) in [6, 6.07) is 14.2. The quantitative estimate of drug-likeness (QED) is 0.370. The van der Waals surface area contributed by atoms with Gasteiger partial charge in [0, 0.05) is 13.3 Å². The molecule has 1 heterocycles. The first-order valence-corrected chi connectivity index (χ1v) is 8.41. The molecule has 0 saturated carbocycles. The summed E-state index contributed by atoms with van der Waals surface area (Å²) in [5.41, 5.74) is 5.21. The lowest BCUT2D eigenvalue weighted by Gasteiger charge is -2.19. The van der Waals surface area contributed by atoms with Crippen LogP contribution in [0.1, 0.15) is 17.2 Å². The Morgan fingerprint density at radius 1 is 1.15 bits per heavy atom. The molecule has 0 amide bonds. The van der Waals surface area contributed by atoms with E-state index in [1.165, 1.54) is 15.6 Å². The van der Waals surface area contributed by atoms with Crippen LogP contribution in [0.5, 0.6) is 0 Å². The number of rotatable bonds is 3. The van der Waals surface area contributed by atoms with E-state index in [0.717, 1.165) is 14.2 Å². The third-order valence-corrected chi connectivity index (χ3v) is 5.45. The van der Waals surface area contributed by atoms with Crippen molar-refractivity contribution in [3.8, 4) is 0 Å². The van der Waals surface area contributed by atoms with Crippen LogP contribution in [0, 0.1) is 3.57 Å². The molecule has 5 heteroatoms. The molecular weight excluding hydrogens is 403 g/mol. The average Bonchev–Trinajstić information content (AvgIpc) is 2.92. The molecular formula is C15H12ClIN2S. The van der Waals surface area contributed by atoms with Gasteiger partial charge in [-0.25, -0.2) is 5.43 Å². The normalized spacial score (nSPS) is 12.8. The first kappa shape index (κ1) is 14.3. The maximum Gasteiger partial charge on any atom is 0.0734 e. The van der Waals surface area contributed by atoms with Crippen molar-refractivity contribution in [2.45, 2.75) is 6.04 Å². The Kier molecular flexibility index (Phi) is 4.28. The first-order chi connectivity index (χ1) is 9.70. The molecule has 1 aromatic heterocycles. The van der Waals surface area contributed by atoms with Crippen LogP contribution < -0.4 is 11.3 Å². The van der Waals surface area contributed by atoms with Crippen LogP contribution in [0.4, 0.5) is 0 Å². The van der Waals surface area contributed by atoms with Gasteiger partial charge in [0.1, 0.15) is 0 Å². The second-order valence-electron chi connectivity index (χ2n) is 4.45. The van der Waals surface area contributed by atoms with Gasteiger partial charge >= 0.3 is 0 Å². The lowest BCUT2D eigenvalue weighted by molar-refractivity contribution is 0.639. The van der Waals surface area contributed by atoms with Gasteiger partial charge in [-0.2, -0.15) is 0 Å². The Morgan fingerprint density at radius 3 is 2.80 bits per heavy atom. The minimum atomic E-state index is -0.0667. The number of nitrogens with one attached hydrogen (secondary N) is 1. The molecule has 2 aromatic carbocycles. The molecule has 3 rings (SSSR count). The zero-order chi connectivity index (χ0) is 14.1. The molecule has 1 unspecified atom stereocenters. The van der Waals surface area contributed by atoms with Gasteiger partial charge in [-0.3, -0.25) is 5.84 Å². The van der Waals surface area contributed by atoms with Crippen LogP contribution >= 0.6 is 45.5 Å². The highest BCUT2D eigenvalue weighted by Crippen LogP contribution is 2.34. The standard InChI is InChI=1S/C15H12ClIN2S/c16-10-4-5-13(17)12(8-10)14(19-18)11-3-1-2-9-6-7-20-15(9)11/h1-8,14,19H,18H2. The van der Waals surface area contributed by atoms with Gasteiger partial charge in [-0.15, -0.1) is 11.3 Å². The van der Waals surface area contributed by atoms with Gasteiger partial charge < -0.3 is 0 Å². The molecule has 0 aliphatic carbocycles. The minimum Gasteiger partial charge on any atom is -0.271 e. The first-order valence-electron chi connectivity index (χ1n) is 6.08. The van der Waals surface area contributed by atoms with Gasteiger partial charge in [-0.1, -0.05) is 29.8 Å². The summed E-state index contributed by atoms with van der Waals surface area (Å²) in [7, 11) is 0. The number of fused-ring (bicyclic) bond motifs is 1. The predicted octanol–water partition coefficient (Wildman–Crippen LogP) is 4.71. The number of hydrogen-bond acceptors (Lipinski definition) is 3. The van der Waals surface area contributed by atoms with Crippen molar-refractivity contribution in [2.24, 2.45) is 5.84 Å². The molecule has 0 aliphatic heterocycles. The second kappa shape index (κ2) is 5.99. The molecule has 3 aromatic rings. The molecule has 3 N–H and O–H groups in total. The zero-order valence-electron chi connectivity index (χ0n) is 10.4. The Hall–Kier alpha value is -0.660. The van der Waals surface area contributed by atoms with Gasteiger partial charge in [0.2, 0.25) is 0 Å². The summed E-state index contributed by atoms with van der Waals surface area (Å²) in [6.07, 6.45) is 0. The van der Waals surface area contributed by atoms with E-state index < -0.39 is 0 Å². The number of hydrogen-bond donors (Lipinski definition) is 2. The van der Waals surface area contributed by atoms with Gasteiger partial charge in [-0.05, 0) is 68.7 Å². The molecule has 0 saturated heterocycles. The summed E-state index contributed by atoms with van der Waals surface area (Å²) in [6.45, 7) is 0. The molecule has 0 radical (unpaired) electrons. The van der Waals surface area contributed by atoms with E-state index in [9.17, 15) is 0 Å². The Morgan fingerprint density at radius 2 is 2.00 bits per heavy atom. The van der Waals surface area contributed by atoms with Crippen LogP contribution in [-0.2, 0) is 0 Å². The maximum atomic E-state index is 6.13. The van der Waals surface area contributed by atoms with E-state index in [2.05, 4.69) is 57.7 Å². The van der Waals surface area contributed by atoms with Crippen molar-refractivity contribution in [1.29, 1.82) is 0 Å². The van der Waals surface area contributed by atoms with Crippen LogP contribution in [0.15, 0.2) is 47.8 Å². The van der Waals surface area contributed by atoms with Crippen molar-refractivity contribution >= 4 is 55.6 Å². The number of nitrogens with two attached hydrogens (primary N) is 1. The maximum absolute atomic E-state index is 6.13. The van der Waals surface area contributed by atoms with Crippen molar-refractivity contribution in [3.05, 3.63) is 67.6 Å². The summed E-state index contributed by atoms with van der Waals surface area (Å²) < 4.78 is 2.40. The zero-order valence-corrected chi connectivity index (χ0v) is 14.2. The SMILES string of the molecule is NNC(c1cc(Cl)ccc1I)c1cccc2ccsc12. The Labute approximate surface area is 140 Å². The smallest absolute Gasteiger partial charge is 0.0734 e. The van der Waals surface area contributed by atoms with Crippen molar-refractivity contribution in [2.75, 3.05) is 0 Å². The van der Waals surface area contributed by atoms with Crippen molar-refractivity contribution in [3.63, 3.8) is 0 Å². The second-order valence-corrected chi connectivity index (χ2v) is 6.97. The molecule has 102 valence electrons. The fraction of sp³-hybridized carbons (Fsp3) is 0.0667. The molecule has 0 bridgehead atoms. The third-order valence-electron chi connectivity index (χ3n) is 3.26. The van der Waals surface area contributed by atoms with E-state index in [1.54, 1.807) is 11.3 Å². The largest absolute Gasteiger partial charge is 0.271 e. The van der Waals surface area contributed by atoms with Crippen LogP contribution in [0.25, 0.3) is 10.1 Å². The lowest BCUT2D eigenvalue weighted by atomic mass is 9.98. The van der Waals surface area contributed by atoms with E-state index >= 15 is 0 Å². The van der Waals surface area contributed by atoms with Crippen LogP contribution in [0.3, 0.4) is 0 Å². The summed E-state index contributed by atoms with van der Waals surface area (Å²) in [5, 5.41) is 4.06. The molecule has 0 aliphatic rings. The van der Waals surface area contributed by atoms with Crippen molar-refractivity contribution in [1.82, 2.24) is 5.43 Å². The molecule has 0 fully saturated rings. The van der Waals surface area contributed by atoms with Crippen LogP contribution in [-0.4, -0.2) is 0 Å². The summed E-state index contributed by atoms with van der Waals surface area (Å²) in [5.74, 6) is 5.82. The van der Waals surface area contributed by atoms with Gasteiger partial charge in [0.15, 0.2) is 0 Å². The fourth-order valence-electron chi connectivity index (χ4n) is 2.33. The predicted molar refractivity (Wildman–Crippen MR) is 95.2 cm³/mol. The van der Waals surface area contributed by atoms with Crippen molar-refractivity contribution < 1.29 is 0 Å². The van der Waals surface area contributed by atoms with E-state index in [4.69, 9.17) is 17.4 Å². The number of benzene rings is 2. The van der Waals surface area contributed by atoms with Gasteiger partial charge in [0.25, 0.3) is 0 Å². The summed E-state index contributed by atoms with van der Waals surface area (Å²) in [4.78, 5) is 0. The number of hydrazine groups is 1. The monoisotopic (exact) mass is 414 g/mol. The fourth-order valence-corrected chi connectivity index (χ4v) is 4.10. The van der Waals surface area contributed by atoms with E-state index in [0.29, 0.717) is 0 Å². The number of halogens is 2. The van der Waals surface area contributed by atoms with Gasteiger partial charge in [0.05, 0.1) is 6.04 Å². The highest BCUT2D eigenvalue weighted by atomic mass is 127. The number of thiophene rings is 1. The molecule has 2 nitrogen and oxygen atoms in total. The Bertz CT molecular complexity index is 756. The topological polar surface area (TPSA) is 38.0 Å². The molecule has 20 heavy (non-hydrogen) atoms. The highest BCUT2D eigenvalue weighted by Gasteiger charge is 2.18. The molecule has 0 spiro atoms. The minimum absolute atomic E-state index is 0.0667. The molecule has 1 atom stereocenters. The van der Waals surface area contributed by atoms with E-state index in [1.807, 2.05) is 18.2 Å². The highest BCUT2D eigenvalue weighted by molar-refractivity contribution is 14.1. The third kappa shape index (κ3) is 2.58. The lowest BCUT2D eigenvalue weighted by Crippen LogP contribution is -2.29. The van der Waals surface area contributed by atoms with E-state index in [-0.39, 0.29) is 6.04 Å². The van der Waals surface area contributed by atoms with Crippen LogP contribution in [0.2, 0.25) is 5.02 Å². The average molecular weight is 415 g/mol. The Balaban J connectivity index is 2.19.